The van der Waals surface area contributed by atoms with Crippen LogP contribution in [0.3, 0.4) is 0 Å². The Morgan fingerprint density at radius 3 is 1.35 bits per heavy atom. The molecule has 0 aromatic rings. The van der Waals surface area contributed by atoms with Gasteiger partial charge in [0.1, 0.15) is 0 Å². The Labute approximate surface area is 148 Å². The normalized spacial score (nSPS) is 23.5. The molecule has 0 spiro atoms. The second-order valence-electron chi connectivity index (χ2n) is 7.69. The molecular formula is C20H42O2Si. The Bertz CT molecular complexity index is 234. The van der Waals surface area contributed by atoms with Gasteiger partial charge in [0, 0.05) is 12.2 Å². The summed E-state index contributed by atoms with van der Waals surface area (Å²) in [6.45, 7) is 8.44. The fourth-order valence-corrected chi connectivity index (χ4v) is 4.73. The molecule has 138 valence electrons. The average molecular weight is 343 g/mol. The van der Waals surface area contributed by atoms with Crippen molar-refractivity contribution in [3.05, 3.63) is 0 Å². The monoisotopic (exact) mass is 342 g/mol. The highest BCUT2D eigenvalue weighted by Gasteiger charge is 2.24. The highest BCUT2D eigenvalue weighted by Crippen LogP contribution is 2.37. The molecule has 2 fully saturated rings. The Kier molecular flexibility index (Phi) is 12.4. The predicted octanol–water partition coefficient (Wildman–Crippen LogP) is 5.76. The van der Waals surface area contributed by atoms with E-state index in [0.717, 1.165) is 24.7 Å². The van der Waals surface area contributed by atoms with Crippen LogP contribution in [0.5, 0.6) is 0 Å². The first-order valence-corrected chi connectivity index (χ1v) is 11.6. The largest absolute Gasteiger partial charge is 0.396 e. The summed E-state index contributed by atoms with van der Waals surface area (Å²) in [6, 6.07) is 0. The quantitative estimate of drug-likeness (QED) is 0.547. The molecule has 0 N–H and O–H groups in total. The average Bonchev–Trinajstić information content (AvgIpc) is 2.63. The van der Waals surface area contributed by atoms with Crippen LogP contribution in [0.15, 0.2) is 0 Å². The first-order valence-electron chi connectivity index (χ1n) is 10.4. The van der Waals surface area contributed by atoms with Crippen LogP contribution >= 0.6 is 0 Å². The third kappa shape index (κ3) is 9.88. The van der Waals surface area contributed by atoms with Crippen molar-refractivity contribution in [3.63, 3.8) is 0 Å². The third-order valence-electron chi connectivity index (χ3n) is 5.82. The van der Waals surface area contributed by atoms with Gasteiger partial charge >= 0.3 is 10.0 Å². The van der Waals surface area contributed by atoms with E-state index < -0.39 is 10.0 Å². The molecule has 2 nitrogen and oxygen atoms in total. The van der Waals surface area contributed by atoms with E-state index in [9.17, 15) is 0 Å². The van der Waals surface area contributed by atoms with Crippen LogP contribution in [0.2, 0.25) is 0 Å². The zero-order chi connectivity index (χ0) is 16.9. The SMILES string of the molecule is C1CCC(C2CCCCC2)CC1.CCC(C)O[SiH2]OC(C)CC. The van der Waals surface area contributed by atoms with E-state index in [-0.39, 0.29) is 0 Å². The Morgan fingerprint density at radius 2 is 1.04 bits per heavy atom. The molecule has 23 heavy (non-hydrogen) atoms. The molecule has 2 atom stereocenters. The van der Waals surface area contributed by atoms with Gasteiger partial charge in [-0.25, -0.2) is 0 Å². The fourth-order valence-electron chi connectivity index (χ4n) is 3.72. The summed E-state index contributed by atoms with van der Waals surface area (Å²) < 4.78 is 11.0. The van der Waals surface area contributed by atoms with Crippen LogP contribution < -0.4 is 0 Å². The van der Waals surface area contributed by atoms with E-state index in [1.807, 2.05) is 0 Å². The van der Waals surface area contributed by atoms with Gasteiger partial charge in [-0.2, -0.15) is 0 Å². The smallest absolute Gasteiger partial charge is 0.304 e. The molecule has 0 aromatic heterocycles. The van der Waals surface area contributed by atoms with Gasteiger partial charge in [-0.3, -0.25) is 0 Å². The highest BCUT2D eigenvalue weighted by atomic mass is 28.3. The fraction of sp³-hybridized carbons (Fsp3) is 1.00. The molecule has 2 unspecified atom stereocenters. The molecule has 0 radical (unpaired) electrons. The summed E-state index contributed by atoms with van der Waals surface area (Å²) in [6.07, 6.45) is 18.3. The van der Waals surface area contributed by atoms with Crippen molar-refractivity contribution in [2.24, 2.45) is 11.8 Å². The van der Waals surface area contributed by atoms with E-state index in [4.69, 9.17) is 8.85 Å². The lowest BCUT2D eigenvalue weighted by molar-refractivity contribution is 0.131. The summed E-state index contributed by atoms with van der Waals surface area (Å²) in [4.78, 5) is 0. The Balaban J connectivity index is 0.000000232. The van der Waals surface area contributed by atoms with E-state index >= 15 is 0 Å². The van der Waals surface area contributed by atoms with Gasteiger partial charge in [0.2, 0.25) is 0 Å². The molecule has 0 amide bonds. The predicted molar refractivity (Wildman–Crippen MR) is 103 cm³/mol. The number of hydrogen-bond acceptors (Lipinski definition) is 2. The molecule has 2 saturated carbocycles. The minimum atomic E-state index is -0.706. The van der Waals surface area contributed by atoms with Crippen molar-refractivity contribution in [2.75, 3.05) is 0 Å². The van der Waals surface area contributed by atoms with Crippen molar-refractivity contribution in [1.82, 2.24) is 0 Å². The molecule has 0 bridgehead atoms. The lowest BCUT2D eigenvalue weighted by atomic mass is 9.73. The van der Waals surface area contributed by atoms with Gasteiger partial charge in [-0.1, -0.05) is 78.1 Å². The maximum absolute atomic E-state index is 5.48. The van der Waals surface area contributed by atoms with Crippen LogP contribution in [-0.4, -0.2) is 22.2 Å². The van der Waals surface area contributed by atoms with Crippen LogP contribution in [-0.2, 0) is 8.85 Å². The van der Waals surface area contributed by atoms with Crippen molar-refractivity contribution in [3.8, 4) is 0 Å². The molecular weight excluding hydrogens is 300 g/mol. The Hall–Kier alpha value is 0.137. The topological polar surface area (TPSA) is 18.5 Å². The number of hydrogen-bond donors (Lipinski definition) is 0. The van der Waals surface area contributed by atoms with E-state index in [1.165, 1.54) is 38.5 Å². The van der Waals surface area contributed by atoms with Crippen molar-refractivity contribution < 1.29 is 8.85 Å². The van der Waals surface area contributed by atoms with Crippen molar-refractivity contribution >= 4 is 10.0 Å². The summed E-state index contributed by atoms with van der Waals surface area (Å²) in [5.74, 6) is 2.28. The molecule has 2 rings (SSSR count). The van der Waals surface area contributed by atoms with Gasteiger partial charge in [0.05, 0.1) is 0 Å². The Morgan fingerprint density at radius 1 is 0.696 bits per heavy atom. The highest BCUT2D eigenvalue weighted by molar-refractivity contribution is 6.18. The van der Waals surface area contributed by atoms with Crippen molar-refractivity contribution in [1.29, 1.82) is 0 Å². The second-order valence-corrected chi connectivity index (χ2v) is 8.59. The maximum Gasteiger partial charge on any atom is 0.304 e. The lowest BCUT2D eigenvalue weighted by Gasteiger charge is -2.32. The standard InChI is InChI=1S/C12H22.C8H20O2Si/c1-3-7-11(8-4-1)12-9-5-2-6-10-12;1-5-7(3)9-11-10-8(4)6-2/h11-12H,1-10H2;7-8H,5-6,11H2,1-4H3. The van der Waals surface area contributed by atoms with Gasteiger partial charge in [0.15, 0.2) is 0 Å². The van der Waals surface area contributed by atoms with Crippen LogP contribution in [0.4, 0.5) is 0 Å². The van der Waals surface area contributed by atoms with Crippen LogP contribution in [0, 0.1) is 11.8 Å². The van der Waals surface area contributed by atoms with Gasteiger partial charge in [0.25, 0.3) is 0 Å². The molecule has 0 aromatic carbocycles. The first kappa shape index (κ1) is 21.2. The zero-order valence-electron chi connectivity index (χ0n) is 16.3. The minimum Gasteiger partial charge on any atom is -0.396 e. The second kappa shape index (κ2) is 13.4. The summed E-state index contributed by atoms with van der Waals surface area (Å²) in [7, 11) is -0.706. The van der Waals surface area contributed by atoms with Crippen LogP contribution in [0.25, 0.3) is 0 Å². The first-order chi connectivity index (χ1) is 11.2. The van der Waals surface area contributed by atoms with E-state index in [1.54, 1.807) is 25.7 Å². The van der Waals surface area contributed by atoms with Gasteiger partial charge < -0.3 is 8.85 Å². The molecule has 2 aliphatic rings. The summed E-state index contributed by atoms with van der Waals surface area (Å²) in [5, 5.41) is 0. The summed E-state index contributed by atoms with van der Waals surface area (Å²) in [5.41, 5.74) is 0. The van der Waals surface area contributed by atoms with Gasteiger partial charge in [-0.05, 0) is 38.5 Å². The zero-order valence-corrected chi connectivity index (χ0v) is 17.7. The lowest BCUT2D eigenvalue weighted by Crippen LogP contribution is -2.20. The minimum absolute atomic E-state index is 0.380. The molecule has 0 heterocycles. The third-order valence-corrected chi connectivity index (χ3v) is 7.23. The molecule has 3 heteroatoms. The number of rotatable bonds is 7. The molecule has 0 saturated heterocycles. The van der Waals surface area contributed by atoms with E-state index in [0.29, 0.717) is 12.2 Å². The summed E-state index contributed by atoms with van der Waals surface area (Å²) >= 11 is 0. The van der Waals surface area contributed by atoms with Crippen molar-refractivity contribution in [2.45, 2.75) is 117 Å². The maximum atomic E-state index is 5.48. The van der Waals surface area contributed by atoms with E-state index in [2.05, 4.69) is 27.7 Å². The van der Waals surface area contributed by atoms with Gasteiger partial charge in [-0.15, -0.1) is 0 Å². The van der Waals surface area contributed by atoms with Crippen LogP contribution in [0.1, 0.15) is 105 Å². The molecule has 2 aliphatic carbocycles. The molecule has 0 aliphatic heterocycles.